The molecule has 0 bridgehead atoms. The van der Waals surface area contributed by atoms with Crippen molar-refractivity contribution in [2.45, 2.75) is 13.3 Å². The first-order chi connectivity index (χ1) is 11.6. The van der Waals surface area contributed by atoms with Gasteiger partial charge in [0.25, 0.3) is 0 Å². The van der Waals surface area contributed by atoms with E-state index >= 15 is 0 Å². The Bertz CT molecular complexity index is 631. The Balaban J connectivity index is 1.74. The summed E-state index contributed by atoms with van der Waals surface area (Å²) in [5.74, 6) is -0.803. The third kappa shape index (κ3) is 3.49. The van der Waals surface area contributed by atoms with Crippen molar-refractivity contribution in [1.29, 1.82) is 0 Å². The smallest absolute Gasteiger partial charge is 0.311 e. The average molecular weight is 353 g/mol. The second-order valence-electron chi connectivity index (χ2n) is 5.89. The highest BCUT2D eigenvalue weighted by atomic mass is 35.5. The Kier molecular flexibility index (Phi) is 5.26. The number of morpholine rings is 1. The van der Waals surface area contributed by atoms with Crippen molar-refractivity contribution in [2.24, 2.45) is 5.92 Å². The van der Waals surface area contributed by atoms with E-state index in [0.717, 1.165) is 18.8 Å². The van der Waals surface area contributed by atoms with Gasteiger partial charge < -0.3 is 19.3 Å². The zero-order valence-electron chi connectivity index (χ0n) is 13.7. The van der Waals surface area contributed by atoms with Gasteiger partial charge in [0.05, 0.1) is 36.4 Å². The molecule has 2 heterocycles. The van der Waals surface area contributed by atoms with Crippen LogP contribution in [-0.2, 0) is 19.1 Å². The van der Waals surface area contributed by atoms with Gasteiger partial charge in [0.2, 0.25) is 5.91 Å². The number of anilines is 2. The van der Waals surface area contributed by atoms with Gasteiger partial charge in [-0.2, -0.15) is 0 Å². The van der Waals surface area contributed by atoms with Gasteiger partial charge in [-0.25, -0.2) is 0 Å². The third-order valence-electron chi connectivity index (χ3n) is 4.34. The predicted octanol–water partition coefficient (Wildman–Crippen LogP) is 2.09. The van der Waals surface area contributed by atoms with Crippen LogP contribution in [0.25, 0.3) is 0 Å². The minimum Gasteiger partial charge on any atom is -0.466 e. The van der Waals surface area contributed by atoms with E-state index in [-0.39, 0.29) is 18.3 Å². The Morgan fingerprint density at radius 1 is 1.38 bits per heavy atom. The van der Waals surface area contributed by atoms with Crippen molar-refractivity contribution in [3.05, 3.63) is 23.2 Å². The molecule has 0 aliphatic carbocycles. The molecule has 24 heavy (non-hydrogen) atoms. The maximum absolute atomic E-state index is 12.2. The van der Waals surface area contributed by atoms with Crippen LogP contribution in [0.4, 0.5) is 11.4 Å². The monoisotopic (exact) mass is 352 g/mol. The van der Waals surface area contributed by atoms with Gasteiger partial charge in [-0.1, -0.05) is 11.6 Å². The van der Waals surface area contributed by atoms with Gasteiger partial charge in [-0.15, -0.1) is 0 Å². The molecule has 1 aromatic rings. The molecular formula is C17H21ClN2O4. The zero-order chi connectivity index (χ0) is 17.1. The Morgan fingerprint density at radius 3 is 2.79 bits per heavy atom. The lowest BCUT2D eigenvalue weighted by Gasteiger charge is -2.30. The summed E-state index contributed by atoms with van der Waals surface area (Å²) in [5, 5.41) is 0.599. The molecule has 7 heteroatoms. The fourth-order valence-corrected chi connectivity index (χ4v) is 3.39. The molecule has 0 saturated carbocycles. The Hall–Kier alpha value is -1.79. The second kappa shape index (κ2) is 7.40. The number of rotatable bonds is 4. The van der Waals surface area contributed by atoms with Crippen molar-refractivity contribution in [3.8, 4) is 0 Å². The van der Waals surface area contributed by atoms with Crippen LogP contribution in [0.1, 0.15) is 13.3 Å². The lowest BCUT2D eigenvalue weighted by atomic mass is 10.1. The second-order valence-corrected chi connectivity index (χ2v) is 6.30. The molecule has 3 rings (SSSR count). The number of carbonyl (C=O) groups is 2. The van der Waals surface area contributed by atoms with E-state index in [2.05, 4.69) is 4.90 Å². The van der Waals surface area contributed by atoms with Crippen LogP contribution in [0, 0.1) is 5.92 Å². The summed E-state index contributed by atoms with van der Waals surface area (Å²) < 4.78 is 10.4. The van der Waals surface area contributed by atoms with Crippen LogP contribution in [0.15, 0.2) is 18.2 Å². The van der Waals surface area contributed by atoms with Gasteiger partial charge in [-0.3, -0.25) is 9.59 Å². The van der Waals surface area contributed by atoms with Crippen LogP contribution in [-0.4, -0.2) is 51.3 Å². The van der Waals surface area contributed by atoms with E-state index in [1.165, 1.54) is 0 Å². The summed E-state index contributed by atoms with van der Waals surface area (Å²) in [6.45, 7) is 5.39. The normalized spacial score (nSPS) is 21.2. The van der Waals surface area contributed by atoms with E-state index < -0.39 is 5.92 Å². The summed E-state index contributed by atoms with van der Waals surface area (Å²) in [6, 6.07) is 5.59. The molecule has 2 saturated heterocycles. The lowest BCUT2D eigenvalue weighted by molar-refractivity contribution is -0.147. The van der Waals surface area contributed by atoms with Gasteiger partial charge in [-0.05, 0) is 25.1 Å². The van der Waals surface area contributed by atoms with Gasteiger partial charge in [0.1, 0.15) is 0 Å². The lowest BCUT2D eigenvalue weighted by Crippen LogP contribution is -2.36. The fraction of sp³-hybridized carbons (Fsp3) is 0.529. The maximum Gasteiger partial charge on any atom is 0.311 e. The summed E-state index contributed by atoms with van der Waals surface area (Å²) in [5.41, 5.74) is 1.66. The number of hydrogen-bond acceptors (Lipinski definition) is 5. The van der Waals surface area contributed by atoms with Crippen LogP contribution < -0.4 is 9.80 Å². The molecule has 0 spiro atoms. The highest BCUT2D eigenvalue weighted by Gasteiger charge is 2.36. The van der Waals surface area contributed by atoms with Crippen molar-refractivity contribution in [2.75, 3.05) is 49.3 Å². The SMILES string of the molecule is CCOC(=O)C1CC(=O)N(c2ccc(N3CCOCC3)c(Cl)c2)C1. The summed E-state index contributed by atoms with van der Waals surface area (Å²) in [7, 11) is 0. The Morgan fingerprint density at radius 2 is 2.12 bits per heavy atom. The molecule has 1 amide bonds. The number of carbonyl (C=O) groups excluding carboxylic acids is 2. The molecule has 2 aliphatic rings. The van der Waals surface area contributed by atoms with E-state index in [0.29, 0.717) is 37.1 Å². The first-order valence-electron chi connectivity index (χ1n) is 8.19. The zero-order valence-corrected chi connectivity index (χ0v) is 14.4. The Labute approximate surface area is 146 Å². The first kappa shape index (κ1) is 17.0. The summed E-state index contributed by atoms with van der Waals surface area (Å²) in [4.78, 5) is 27.9. The van der Waals surface area contributed by atoms with Crippen molar-refractivity contribution < 1.29 is 19.1 Å². The number of ether oxygens (including phenoxy) is 2. The van der Waals surface area contributed by atoms with Crippen molar-refractivity contribution in [3.63, 3.8) is 0 Å². The summed E-state index contributed by atoms with van der Waals surface area (Å²) in [6.07, 6.45) is 0.182. The predicted molar refractivity (Wildman–Crippen MR) is 91.6 cm³/mol. The van der Waals surface area contributed by atoms with E-state index in [1.54, 1.807) is 17.9 Å². The molecule has 130 valence electrons. The van der Waals surface area contributed by atoms with E-state index in [4.69, 9.17) is 21.1 Å². The molecule has 1 atom stereocenters. The minimum absolute atomic E-state index is 0.0803. The maximum atomic E-state index is 12.2. The van der Waals surface area contributed by atoms with Crippen LogP contribution >= 0.6 is 11.6 Å². The molecule has 0 aromatic heterocycles. The quantitative estimate of drug-likeness (QED) is 0.777. The molecule has 6 nitrogen and oxygen atoms in total. The summed E-state index contributed by atoms with van der Waals surface area (Å²) >= 11 is 6.43. The number of hydrogen-bond donors (Lipinski definition) is 0. The highest BCUT2D eigenvalue weighted by molar-refractivity contribution is 6.33. The van der Waals surface area contributed by atoms with Crippen molar-refractivity contribution in [1.82, 2.24) is 0 Å². The molecule has 0 radical (unpaired) electrons. The molecule has 1 aromatic carbocycles. The van der Waals surface area contributed by atoms with Gasteiger partial charge in [0.15, 0.2) is 0 Å². The molecule has 2 fully saturated rings. The van der Waals surface area contributed by atoms with Gasteiger partial charge in [0, 0.05) is 31.7 Å². The molecule has 1 unspecified atom stereocenters. The number of amides is 1. The largest absolute Gasteiger partial charge is 0.466 e. The van der Waals surface area contributed by atoms with Crippen LogP contribution in [0.3, 0.4) is 0 Å². The van der Waals surface area contributed by atoms with Crippen molar-refractivity contribution >= 4 is 34.9 Å². The van der Waals surface area contributed by atoms with Crippen LogP contribution in [0.5, 0.6) is 0 Å². The van der Waals surface area contributed by atoms with E-state index in [9.17, 15) is 9.59 Å². The molecular weight excluding hydrogens is 332 g/mol. The number of esters is 1. The minimum atomic E-state index is -0.407. The highest BCUT2D eigenvalue weighted by Crippen LogP contribution is 2.33. The molecule has 0 N–H and O–H groups in total. The molecule has 2 aliphatic heterocycles. The average Bonchev–Trinajstić information content (AvgIpc) is 2.98. The first-order valence-corrected chi connectivity index (χ1v) is 8.57. The topological polar surface area (TPSA) is 59.1 Å². The number of benzene rings is 1. The number of nitrogens with zero attached hydrogens (tertiary/aromatic N) is 2. The standard InChI is InChI=1S/C17H21ClN2O4/c1-2-24-17(22)12-9-16(21)20(11-12)13-3-4-15(14(18)10-13)19-5-7-23-8-6-19/h3-4,10,12H,2,5-9,11H2,1H3. The van der Waals surface area contributed by atoms with Crippen LogP contribution in [0.2, 0.25) is 5.02 Å². The fourth-order valence-electron chi connectivity index (χ4n) is 3.10. The van der Waals surface area contributed by atoms with Gasteiger partial charge >= 0.3 is 5.97 Å². The number of halogens is 1. The third-order valence-corrected chi connectivity index (χ3v) is 4.64. The van der Waals surface area contributed by atoms with E-state index in [1.807, 2.05) is 12.1 Å².